The molecule has 23 heavy (non-hydrogen) atoms. The van der Waals surface area contributed by atoms with Crippen molar-refractivity contribution in [2.45, 2.75) is 31.3 Å². The number of carbonyl (C=O) groups excluding carboxylic acids is 1. The largest absolute Gasteiger partial charge is 0.383 e. The molecule has 0 saturated carbocycles. The molecule has 0 radical (unpaired) electrons. The zero-order valence-electron chi connectivity index (χ0n) is 13.0. The van der Waals surface area contributed by atoms with E-state index in [4.69, 9.17) is 5.73 Å². The quantitative estimate of drug-likeness (QED) is 0.534. The maximum Gasteiger partial charge on any atom is 0.253 e. The molecule has 0 saturated heterocycles. The normalized spacial score (nSPS) is 10.5. The van der Waals surface area contributed by atoms with Crippen LogP contribution in [0.15, 0.2) is 40.3 Å². The van der Waals surface area contributed by atoms with E-state index in [1.54, 1.807) is 0 Å². The minimum atomic E-state index is -0.330. The number of rotatable bonds is 7. The van der Waals surface area contributed by atoms with E-state index in [9.17, 15) is 9.59 Å². The summed E-state index contributed by atoms with van der Waals surface area (Å²) in [5.41, 5.74) is 7.18. The van der Waals surface area contributed by atoms with Crippen LogP contribution < -0.4 is 16.6 Å². The fourth-order valence-electron chi connectivity index (χ4n) is 1.99. The van der Waals surface area contributed by atoms with E-state index in [0.29, 0.717) is 5.16 Å². The van der Waals surface area contributed by atoms with Crippen molar-refractivity contribution in [2.24, 2.45) is 0 Å². The van der Waals surface area contributed by atoms with E-state index in [2.05, 4.69) is 22.2 Å². The van der Waals surface area contributed by atoms with Gasteiger partial charge in [-0.05, 0) is 30.5 Å². The number of nitrogen functional groups attached to an aromatic ring is 1. The van der Waals surface area contributed by atoms with Gasteiger partial charge in [0.25, 0.3) is 5.56 Å². The van der Waals surface area contributed by atoms with Crippen LogP contribution in [0, 0.1) is 0 Å². The van der Waals surface area contributed by atoms with E-state index >= 15 is 0 Å². The maximum absolute atomic E-state index is 11.9. The summed E-state index contributed by atoms with van der Waals surface area (Å²) in [4.78, 5) is 29.7. The molecule has 1 aromatic heterocycles. The monoisotopic (exact) mass is 332 g/mol. The summed E-state index contributed by atoms with van der Waals surface area (Å²) in [6.07, 6.45) is 3.37. The highest BCUT2D eigenvalue weighted by Crippen LogP contribution is 2.15. The lowest BCUT2D eigenvalue weighted by Gasteiger charge is -2.06. The van der Waals surface area contributed by atoms with Crippen molar-refractivity contribution in [3.8, 4) is 0 Å². The van der Waals surface area contributed by atoms with Crippen LogP contribution in [0.2, 0.25) is 0 Å². The zero-order valence-corrected chi connectivity index (χ0v) is 13.8. The number of benzene rings is 1. The molecule has 0 atom stereocenters. The van der Waals surface area contributed by atoms with Gasteiger partial charge >= 0.3 is 0 Å². The van der Waals surface area contributed by atoms with Gasteiger partial charge in [-0.1, -0.05) is 37.2 Å². The number of H-pyrrole nitrogens is 1. The molecular weight excluding hydrogens is 312 g/mol. The standard InChI is InChI=1S/C16H20N4O2S/c1-2-3-4-11-5-7-12(8-6-11)18-15(22)10-23-16-19-13(17)9-14(21)20-16/h5-9H,2-4,10H2,1H3,(H,18,22)(H3,17,19,20,21). The van der Waals surface area contributed by atoms with E-state index in [1.807, 2.05) is 24.3 Å². The van der Waals surface area contributed by atoms with Crippen LogP contribution in [0.4, 0.5) is 11.5 Å². The predicted molar refractivity (Wildman–Crippen MR) is 93.7 cm³/mol. The van der Waals surface area contributed by atoms with Gasteiger partial charge in [-0.15, -0.1) is 0 Å². The van der Waals surface area contributed by atoms with Crippen molar-refractivity contribution in [1.82, 2.24) is 9.97 Å². The van der Waals surface area contributed by atoms with Crippen molar-refractivity contribution >= 4 is 29.2 Å². The van der Waals surface area contributed by atoms with Gasteiger partial charge in [-0.25, -0.2) is 4.98 Å². The van der Waals surface area contributed by atoms with Gasteiger partial charge in [-0.3, -0.25) is 9.59 Å². The van der Waals surface area contributed by atoms with Crippen molar-refractivity contribution in [3.63, 3.8) is 0 Å². The number of anilines is 2. The van der Waals surface area contributed by atoms with Crippen molar-refractivity contribution in [1.29, 1.82) is 0 Å². The number of amides is 1. The molecule has 4 N–H and O–H groups in total. The number of thioether (sulfide) groups is 1. The average molecular weight is 332 g/mol. The summed E-state index contributed by atoms with van der Waals surface area (Å²) in [5, 5.41) is 3.15. The second-order valence-electron chi connectivity index (χ2n) is 5.11. The molecular formula is C16H20N4O2S. The fraction of sp³-hybridized carbons (Fsp3) is 0.312. The van der Waals surface area contributed by atoms with E-state index < -0.39 is 0 Å². The lowest BCUT2D eigenvalue weighted by molar-refractivity contribution is -0.113. The molecule has 122 valence electrons. The maximum atomic E-state index is 11.9. The number of unbranched alkanes of at least 4 members (excludes halogenated alkanes) is 1. The van der Waals surface area contributed by atoms with Crippen LogP contribution in [0.5, 0.6) is 0 Å². The average Bonchev–Trinajstić information content (AvgIpc) is 2.51. The van der Waals surface area contributed by atoms with E-state index in [0.717, 1.165) is 36.7 Å². The lowest BCUT2D eigenvalue weighted by Crippen LogP contribution is -2.15. The molecule has 2 rings (SSSR count). The number of aryl methyl sites for hydroxylation is 1. The summed E-state index contributed by atoms with van der Waals surface area (Å²) in [6.45, 7) is 2.16. The fourth-order valence-corrected chi connectivity index (χ4v) is 2.67. The Morgan fingerprint density at radius 1 is 1.35 bits per heavy atom. The summed E-state index contributed by atoms with van der Waals surface area (Å²) in [7, 11) is 0. The third kappa shape index (κ3) is 5.78. The lowest BCUT2D eigenvalue weighted by atomic mass is 10.1. The number of hydrogen-bond donors (Lipinski definition) is 3. The van der Waals surface area contributed by atoms with Crippen LogP contribution in [0.3, 0.4) is 0 Å². The SMILES string of the molecule is CCCCc1ccc(NC(=O)CSc2nc(N)cc(=O)[nH]2)cc1. The van der Waals surface area contributed by atoms with Crippen LogP contribution in [0.25, 0.3) is 0 Å². The Morgan fingerprint density at radius 2 is 2.09 bits per heavy atom. The first-order valence-electron chi connectivity index (χ1n) is 7.45. The molecule has 1 amide bonds. The minimum absolute atomic E-state index is 0.138. The molecule has 0 fully saturated rings. The first-order valence-corrected chi connectivity index (χ1v) is 8.44. The summed E-state index contributed by atoms with van der Waals surface area (Å²) >= 11 is 1.13. The number of nitrogens with zero attached hydrogens (tertiary/aromatic N) is 1. The second-order valence-corrected chi connectivity index (χ2v) is 6.08. The Hall–Kier alpha value is -2.28. The minimum Gasteiger partial charge on any atom is -0.383 e. The number of aromatic amines is 1. The van der Waals surface area contributed by atoms with E-state index in [1.165, 1.54) is 11.6 Å². The Morgan fingerprint density at radius 3 is 2.74 bits per heavy atom. The van der Waals surface area contributed by atoms with Gasteiger partial charge in [0, 0.05) is 11.8 Å². The highest BCUT2D eigenvalue weighted by atomic mass is 32.2. The summed E-state index contributed by atoms with van der Waals surface area (Å²) < 4.78 is 0. The smallest absolute Gasteiger partial charge is 0.253 e. The number of nitrogens with one attached hydrogen (secondary N) is 2. The van der Waals surface area contributed by atoms with Gasteiger partial charge < -0.3 is 16.0 Å². The molecule has 0 unspecified atom stereocenters. The summed E-state index contributed by atoms with van der Waals surface area (Å²) in [6, 6.07) is 9.04. The Balaban J connectivity index is 1.85. The van der Waals surface area contributed by atoms with Crippen molar-refractivity contribution in [2.75, 3.05) is 16.8 Å². The molecule has 1 heterocycles. The number of hydrogen-bond acceptors (Lipinski definition) is 5. The zero-order chi connectivity index (χ0) is 16.7. The molecule has 0 aliphatic carbocycles. The van der Waals surface area contributed by atoms with Gasteiger partial charge in [0.2, 0.25) is 5.91 Å². The number of carbonyl (C=O) groups is 1. The van der Waals surface area contributed by atoms with Gasteiger partial charge in [0.15, 0.2) is 5.16 Å². The second kappa shape index (κ2) is 8.38. The molecule has 0 aliphatic heterocycles. The molecule has 0 bridgehead atoms. The molecule has 6 nitrogen and oxygen atoms in total. The topological polar surface area (TPSA) is 101 Å². The van der Waals surface area contributed by atoms with Crippen molar-refractivity contribution in [3.05, 3.63) is 46.2 Å². The molecule has 7 heteroatoms. The Kier molecular flexibility index (Phi) is 6.22. The molecule has 1 aromatic carbocycles. The van der Waals surface area contributed by atoms with Gasteiger partial charge in [0.05, 0.1) is 5.75 Å². The van der Waals surface area contributed by atoms with Crippen molar-refractivity contribution < 1.29 is 4.79 Å². The third-order valence-electron chi connectivity index (χ3n) is 3.14. The highest BCUT2D eigenvalue weighted by molar-refractivity contribution is 7.99. The Bertz CT molecular complexity index is 713. The van der Waals surface area contributed by atoms with E-state index in [-0.39, 0.29) is 23.0 Å². The predicted octanol–water partition coefficient (Wildman–Crippen LogP) is 2.43. The number of nitrogens with two attached hydrogens (primary N) is 1. The van der Waals surface area contributed by atoms with Crippen LogP contribution in [-0.2, 0) is 11.2 Å². The van der Waals surface area contributed by atoms with Crippen LogP contribution >= 0.6 is 11.8 Å². The van der Waals surface area contributed by atoms with Gasteiger partial charge in [-0.2, -0.15) is 0 Å². The summed E-state index contributed by atoms with van der Waals surface area (Å²) in [5.74, 6) is 0.116. The number of aromatic nitrogens is 2. The van der Waals surface area contributed by atoms with Crippen LogP contribution in [-0.4, -0.2) is 21.6 Å². The van der Waals surface area contributed by atoms with Crippen LogP contribution in [0.1, 0.15) is 25.3 Å². The first-order chi connectivity index (χ1) is 11.1. The molecule has 0 spiro atoms. The van der Waals surface area contributed by atoms with Gasteiger partial charge in [0.1, 0.15) is 5.82 Å². The third-order valence-corrected chi connectivity index (χ3v) is 4.01. The molecule has 2 aromatic rings. The highest BCUT2D eigenvalue weighted by Gasteiger charge is 2.06. The first kappa shape index (κ1) is 17.1. The Labute approximate surface area is 138 Å². The molecule has 0 aliphatic rings.